The molecule has 2 heterocycles. The summed E-state index contributed by atoms with van der Waals surface area (Å²) < 4.78 is 15.0. The zero-order valence-corrected chi connectivity index (χ0v) is 11.8. The third-order valence-corrected chi connectivity index (χ3v) is 3.04. The summed E-state index contributed by atoms with van der Waals surface area (Å²) in [6.07, 6.45) is 0.634. The summed E-state index contributed by atoms with van der Waals surface area (Å²) in [4.78, 5) is 17.4. The topological polar surface area (TPSA) is 89.7 Å². The minimum atomic E-state index is -0.253. The average molecular weight is 284 g/mol. The fraction of sp³-hybridized carbons (Fsp3) is 0.750. The van der Waals surface area contributed by atoms with Gasteiger partial charge in [-0.2, -0.15) is 4.98 Å². The first-order valence-electron chi connectivity index (χ1n) is 6.68. The van der Waals surface area contributed by atoms with Crippen LogP contribution < -0.4 is 5.32 Å². The number of hydrogen-bond donors (Lipinski definition) is 1. The van der Waals surface area contributed by atoms with Crippen molar-refractivity contribution in [1.29, 1.82) is 0 Å². The molecule has 1 aliphatic heterocycles. The molecule has 1 aromatic heterocycles. The molecule has 20 heavy (non-hydrogen) atoms. The van der Waals surface area contributed by atoms with E-state index in [-0.39, 0.29) is 12.1 Å². The monoisotopic (exact) mass is 284 g/mol. The maximum absolute atomic E-state index is 11.6. The van der Waals surface area contributed by atoms with Gasteiger partial charge < -0.3 is 24.2 Å². The molecule has 1 fully saturated rings. The summed E-state index contributed by atoms with van der Waals surface area (Å²) in [6.45, 7) is 4.36. The molecule has 112 valence electrons. The van der Waals surface area contributed by atoms with Crippen molar-refractivity contribution in [2.75, 3.05) is 26.8 Å². The molecule has 0 saturated carbocycles. The van der Waals surface area contributed by atoms with Crippen LogP contribution in [0.4, 0.5) is 4.79 Å². The van der Waals surface area contributed by atoms with Gasteiger partial charge in [0, 0.05) is 26.2 Å². The van der Waals surface area contributed by atoms with Gasteiger partial charge in [0.1, 0.15) is 6.61 Å². The molecular formula is C12H20N4O4. The molecule has 1 atom stereocenters. The van der Waals surface area contributed by atoms with Crippen LogP contribution in [0.5, 0.6) is 0 Å². The number of rotatable bonds is 6. The molecule has 1 N–H and O–H groups in total. The van der Waals surface area contributed by atoms with E-state index < -0.39 is 0 Å². The predicted octanol–water partition coefficient (Wildman–Crippen LogP) is 0.536. The fourth-order valence-electron chi connectivity index (χ4n) is 2.09. The molecule has 1 aliphatic rings. The van der Waals surface area contributed by atoms with E-state index in [0.717, 1.165) is 6.42 Å². The number of nitrogens with one attached hydrogen (secondary N) is 1. The van der Waals surface area contributed by atoms with E-state index in [1.165, 1.54) is 0 Å². The first kappa shape index (κ1) is 14.7. The molecule has 0 aliphatic carbocycles. The van der Waals surface area contributed by atoms with E-state index in [1.807, 2.05) is 0 Å². The van der Waals surface area contributed by atoms with Gasteiger partial charge >= 0.3 is 6.09 Å². The number of hydrogen-bond acceptors (Lipinski definition) is 7. The Morgan fingerprint density at radius 1 is 1.60 bits per heavy atom. The predicted molar refractivity (Wildman–Crippen MR) is 68.9 cm³/mol. The Morgan fingerprint density at radius 2 is 2.45 bits per heavy atom. The molecule has 8 nitrogen and oxygen atoms in total. The van der Waals surface area contributed by atoms with Gasteiger partial charge in [0.15, 0.2) is 5.82 Å². The summed E-state index contributed by atoms with van der Waals surface area (Å²) in [5.41, 5.74) is 0. The van der Waals surface area contributed by atoms with Crippen LogP contribution in [0.15, 0.2) is 4.52 Å². The highest BCUT2D eigenvalue weighted by Crippen LogP contribution is 2.11. The highest BCUT2D eigenvalue weighted by Gasteiger charge is 2.26. The van der Waals surface area contributed by atoms with Crippen molar-refractivity contribution in [2.45, 2.75) is 32.5 Å². The molecule has 0 bridgehead atoms. The van der Waals surface area contributed by atoms with Crippen molar-refractivity contribution in [2.24, 2.45) is 0 Å². The second kappa shape index (κ2) is 7.20. The zero-order valence-electron chi connectivity index (χ0n) is 11.8. The minimum Gasteiger partial charge on any atom is -0.450 e. The number of amides is 1. The molecule has 1 aromatic rings. The van der Waals surface area contributed by atoms with Crippen molar-refractivity contribution in [1.82, 2.24) is 20.4 Å². The van der Waals surface area contributed by atoms with Crippen LogP contribution in [0.2, 0.25) is 0 Å². The van der Waals surface area contributed by atoms with Gasteiger partial charge in [0.25, 0.3) is 0 Å². The van der Waals surface area contributed by atoms with Crippen LogP contribution in [-0.2, 0) is 22.6 Å². The number of carbonyl (C=O) groups excluding carboxylic acids is 1. The third-order valence-electron chi connectivity index (χ3n) is 3.04. The Kier molecular flexibility index (Phi) is 5.31. The Hall–Kier alpha value is -1.67. The summed E-state index contributed by atoms with van der Waals surface area (Å²) in [5, 5.41) is 7.08. The summed E-state index contributed by atoms with van der Waals surface area (Å²) in [6, 6.07) is 0.220. The number of nitrogens with zero attached hydrogens (tertiary/aromatic N) is 3. The molecular weight excluding hydrogens is 264 g/mol. The van der Waals surface area contributed by atoms with Crippen LogP contribution in [0, 0.1) is 0 Å². The van der Waals surface area contributed by atoms with E-state index in [1.54, 1.807) is 18.9 Å². The molecule has 1 amide bonds. The molecule has 2 rings (SSSR count). The lowest BCUT2D eigenvalue weighted by atomic mass is 10.2. The summed E-state index contributed by atoms with van der Waals surface area (Å²) in [7, 11) is 1.58. The number of ether oxygens (including phenoxy) is 2. The minimum absolute atomic E-state index is 0.220. The van der Waals surface area contributed by atoms with Gasteiger partial charge in [-0.25, -0.2) is 4.79 Å². The normalized spacial score (nSPS) is 18.5. The van der Waals surface area contributed by atoms with E-state index in [0.29, 0.717) is 44.6 Å². The lowest BCUT2D eigenvalue weighted by Gasteiger charge is -2.15. The Labute approximate surface area is 117 Å². The smallest absolute Gasteiger partial charge is 0.409 e. The number of carbonyl (C=O) groups is 1. The number of aromatic nitrogens is 2. The lowest BCUT2D eigenvalue weighted by molar-refractivity contribution is 0.115. The van der Waals surface area contributed by atoms with Crippen LogP contribution >= 0.6 is 0 Å². The van der Waals surface area contributed by atoms with E-state index in [2.05, 4.69) is 15.5 Å². The fourth-order valence-corrected chi connectivity index (χ4v) is 2.09. The van der Waals surface area contributed by atoms with Gasteiger partial charge in [-0.1, -0.05) is 5.16 Å². The van der Waals surface area contributed by atoms with E-state index >= 15 is 0 Å². The van der Waals surface area contributed by atoms with Gasteiger partial charge in [0.2, 0.25) is 5.89 Å². The Morgan fingerprint density at radius 3 is 3.20 bits per heavy atom. The van der Waals surface area contributed by atoms with Crippen LogP contribution in [0.25, 0.3) is 0 Å². The maximum atomic E-state index is 11.6. The third kappa shape index (κ3) is 3.91. The standard InChI is InChI=1S/C12H20N4O4/c1-3-19-12(17)16-5-4-9(7-16)13-6-11-14-10(8-18-2)15-20-11/h9,13H,3-8H2,1-2H3. The molecule has 0 radical (unpaired) electrons. The van der Waals surface area contributed by atoms with Gasteiger partial charge in [0.05, 0.1) is 13.2 Å². The van der Waals surface area contributed by atoms with Crippen molar-refractivity contribution in [3.05, 3.63) is 11.7 Å². The van der Waals surface area contributed by atoms with E-state index in [9.17, 15) is 4.79 Å². The van der Waals surface area contributed by atoms with Crippen molar-refractivity contribution in [3.8, 4) is 0 Å². The Balaban J connectivity index is 1.73. The first-order chi connectivity index (χ1) is 9.72. The second-order valence-electron chi connectivity index (χ2n) is 4.55. The van der Waals surface area contributed by atoms with Gasteiger partial charge in [-0.05, 0) is 13.3 Å². The summed E-state index contributed by atoms with van der Waals surface area (Å²) >= 11 is 0. The Bertz CT molecular complexity index is 437. The molecule has 0 spiro atoms. The number of likely N-dealkylation sites (tertiary alicyclic amines) is 1. The maximum Gasteiger partial charge on any atom is 0.409 e. The van der Waals surface area contributed by atoms with Gasteiger partial charge in [-0.15, -0.1) is 0 Å². The SMILES string of the molecule is CCOC(=O)N1CCC(NCc2nc(COC)no2)C1. The van der Waals surface area contributed by atoms with Crippen molar-refractivity contribution in [3.63, 3.8) is 0 Å². The quantitative estimate of drug-likeness (QED) is 0.815. The van der Waals surface area contributed by atoms with Crippen molar-refractivity contribution < 1.29 is 18.8 Å². The van der Waals surface area contributed by atoms with Crippen LogP contribution in [0.3, 0.4) is 0 Å². The highest BCUT2D eigenvalue weighted by molar-refractivity contribution is 5.68. The number of methoxy groups -OCH3 is 1. The largest absolute Gasteiger partial charge is 0.450 e. The molecule has 1 saturated heterocycles. The van der Waals surface area contributed by atoms with Gasteiger partial charge in [-0.3, -0.25) is 0 Å². The van der Waals surface area contributed by atoms with Crippen LogP contribution in [0.1, 0.15) is 25.1 Å². The zero-order chi connectivity index (χ0) is 14.4. The molecule has 0 aromatic carbocycles. The lowest BCUT2D eigenvalue weighted by Crippen LogP contribution is -2.35. The van der Waals surface area contributed by atoms with Crippen molar-refractivity contribution >= 4 is 6.09 Å². The molecule has 1 unspecified atom stereocenters. The second-order valence-corrected chi connectivity index (χ2v) is 4.55. The highest BCUT2D eigenvalue weighted by atomic mass is 16.6. The first-order valence-corrected chi connectivity index (χ1v) is 6.68. The van der Waals surface area contributed by atoms with Crippen LogP contribution in [-0.4, -0.2) is 54.0 Å². The summed E-state index contributed by atoms with van der Waals surface area (Å²) in [5.74, 6) is 1.05. The van der Waals surface area contributed by atoms with E-state index in [4.69, 9.17) is 14.0 Å². The average Bonchev–Trinajstić information content (AvgIpc) is 3.06. The molecule has 8 heteroatoms.